The molecule has 0 fully saturated rings. The minimum atomic E-state index is 0.374. The normalized spacial score (nSPS) is 16.4. The minimum Gasteiger partial charge on any atom is -0.396 e. The molecule has 0 heterocycles. The molecule has 158 valence electrons. The molecule has 0 spiro atoms. The van der Waals surface area contributed by atoms with E-state index in [2.05, 4.69) is 27.7 Å². The van der Waals surface area contributed by atoms with E-state index >= 15 is 0 Å². The molecule has 0 aromatic rings. The smallest absolute Gasteiger partial charge is 0.0461 e. The third-order valence-electron chi connectivity index (χ3n) is 6.52. The van der Waals surface area contributed by atoms with Gasteiger partial charge in [0, 0.05) is 12.6 Å². The summed E-state index contributed by atoms with van der Waals surface area (Å²) in [4.78, 5) is 0. The number of hydrogen-bond acceptors (Lipinski definition) is 2. The molecule has 26 heavy (non-hydrogen) atoms. The molecule has 4 unspecified atom stereocenters. The first kappa shape index (κ1) is 25.9. The zero-order valence-corrected chi connectivity index (χ0v) is 18.6. The van der Waals surface area contributed by atoms with Gasteiger partial charge in [-0.25, -0.2) is 0 Å². The molecule has 0 radical (unpaired) electrons. The van der Waals surface area contributed by atoms with Crippen LogP contribution in [0.1, 0.15) is 124 Å². The van der Waals surface area contributed by atoms with Gasteiger partial charge in [0.1, 0.15) is 0 Å². The second-order valence-electron chi connectivity index (χ2n) is 8.57. The van der Waals surface area contributed by atoms with E-state index in [0.29, 0.717) is 18.6 Å². The van der Waals surface area contributed by atoms with E-state index in [1.54, 1.807) is 0 Å². The van der Waals surface area contributed by atoms with Crippen molar-refractivity contribution in [2.24, 2.45) is 23.5 Å². The third-order valence-corrected chi connectivity index (χ3v) is 6.52. The van der Waals surface area contributed by atoms with Crippen LogP contribution in [0.5, 0.6) is 0 Å². The van der Waals surface area contributed by atoms with Crippen molar-refractivity contribution in [3.63, 3.8) is 0 Å². The zero-order chi connectivity index (χ0) is 19.6. The highest BCUT2D eigenvalue weighted by Crippen LogP contribution is 2.27. The molecule has 0 aliphatic carbocycles. The number of unbranched alkanes of at least 4 members (excludes halogenated alkanes) is 6. The van der Waals surface area contributed by atoms with Crippen LogP contribution < -0.4 is 5.73 Å². The van der Waals surface area contributed by atoms with Gasteiger partial charge in [-0.05, 0) is 30.6 Å². The Bertz CT molecular complexity index is 277. The first-order valence-corrected chi connectivity index (χ1v) is 12.0. The molecule has 0 saturated heterocycles. The van der Waals surface area contributed by atoms with Crippen molar-refractivity contribution in [2.75, 3.05) is 6.61 Å². The second kappa shape index (κ2) is 18.3. The third kappa shape index (κ3) is 12.3. The summed E-state index contributed by atoms with van der Waals surface area (Å²) in [7, 11) is 0. The number of aliphatic hydroxyl groups is 1. The van der Waals surface area contributed by atoms with Gasteiger partial charge in [-0.15, -0.1) is 0 Å². The van der Waals surface area contributed by atoms with E-state index in [0.717, 1.165) is 18.3 Å². The Morgan fingerprint density at radius 1 is 0.577 bits per heavy atom. The van der Waals surface area contributed by atoms with Gasteiger partial charge in [0.15, 0.2) is 0 Å². The lowest BCUT2D eigenvalue weighted by Crippen LogP contribution is -2.29. The summed E-state index contributed by atoms with van der Waals surface area (Å²) >= 11 is 0. The monoisotopic (exact) mass is 369 g/mol. The van der Waals surface area contributed by atoms with Crippen LogP contribution >= 0.6 is 0 Å². The molecule has 4 atom stereocenters. The topological polar surface area (TPSA) is 46.2 Å². The van der Waals surface area contributed by atoms with Crippen molar-refractivity contribution in [1.29, 1.82) is 0 Å². The van der Waals surface area contributed by atoms with Crippen molar-refractivity contribution in [2.45, 2.75) is 130 Å². The molecule has 0 aliphatic heterocycles. The summed E-state index contributed by atoms with van der Waals surface area (Å²) in [6.45, 7) is 9.44. The van der Waals surface area contributed by atoms with E-state index in [9.17, 15) is 5.11 Å². The van der Waals surface area contributed by atoms with Gasteiger partial charge in [-0.3, -0.25) is 0 Å². The van der Waals surface area contributed by atoms with Crippen molar-refractivity contribution in [3.8, 4) is 0 Å². The Hall–Kier alpha value is -0.0800. The molecule has 0 aromatic carbocycles. The maximum Gasteiger partial charge on any atom is 0.0461 e. The maximum atomic E-state index is 9.63. The molecule has 0 rings (SSSR count). The van der Waals surface area contributed by atoms with Crippen LogP contribution in [0.3, 0.4) is 0 Å². The van der Waals surface area contributed by atoms with E-state index in [1.807, 2.05) is 0 Å². The summed E-state index contributed by atoms with van der Waals surface area (Å²) in [6, 6.07) is 0.417. The standard InChI is InChI=1S/C24H51NO/c1-5-9-16-21(7-3)24(25)19-15-13-11-12-14-18-23(17-10-6-2)22(8-4)20-26/h21-24,26H,5-20,25H2,1-4H3. The van der Waals surface area contributed by atoms with Gasteiger partial charge in [0.2, 0.25) is 0 Å². The lowest BCUT2D eigenvalue weighted by atomic mass is 9.82. The molecule has 3 N–H and O–H groups in total. The van der Waals surface area contributed by atoms with E-state index < -0.39 is 0 Å². The highest BCUT2D eigenvalue weighted by molar-refractivity contribution is 4.72. The average molecular weight is 370 g/mol. The first-order valence-electron chi connectivity index (χ1n) is 12.0. The Morgan fingerprint density at radius 2 is 1.04 bits per heavy atom. The lowest BCUT2D eigenvalue weighted by molar-refractivity contribution is 0.154. The van der Waals surface area contributed by atoms with Crippen LogP contribution in [0, 0.1) is 17.8 Å². The summed E-state index contributed by atoms with van der Waals surface area (Å²) in [5, 5.41) is 9.63. The number of hydrogen-bond donors (Lipinski definition) is 2. The average Bonchev–Trinajstić information content (AvgIpc) is 2.66. The van der Waals surface area contributed by atoms with Gasteiger partial charge in [0.05, 0.1) is 0 Å². The molecular weight excluding hydrogens is 318 g/mol. The second-order valence-corrected chi connectivity index (χ2v) is 8.57. The summed E-state index contributed by atoms with van der Waals surface area (Å²) in [5.41, 5.74) is 6.44. The summed E-state index contributed by atoms with van der Waals surface area (Å²) in [5.74, 6) is 2.00. The summed E-state index contributed by atoms with van der Waals surface area (Å²) in [6.07, 6.45) is 19.4. The zero-order valence-electron chi connectivity index (χ0n) is 18.6. The maximum absolute atomic E-state index is 9.63. The highest BCUT2D eigenvalue weighted by Gasteiger charge is 2.18. The number of nitrogens with two attached hydrogens (primary N) is 1. The van der Waals surface area contributed by atoms with Gasteiger partial charge < -0.3 is 10.8 Å². The number of aliphatic hydroxyl groups excluding tert-OH is 1. The Morgan fingerprint density at radius 3 is 1.54 bits per heavy atom. The fraction of sp³-hybridized carbons (Fsp3) is 1.00. The molecule has 2 nitrogen and oxygen atoms in total. The SMILES string of the molecule is CCCCC(CC)C(N)CCCCCCCC(CCCC)C(CC)CO. The van der Waals surface area contributed by atoms with Gasteiger partial charge >= 0.3 is 0 Å². The highest BCUT2D eigenvalue weighted by atomic mass is 16.3. The van der Waals surface area contributed by atoms with Crippen LogP contribution in [0.15, 0.2) is 0 Å². The largest absolute Gasteiger partial charge is 0.396 e. The summed E-state index contributed by atoms with van der Waals surface area (Å²) < 4.78 is 0. The number of rotatable bonds is 19. The molecule has 0 aliphatic rings. The van der Waals surface area contributed by atoms with E-state index in [1.165, 1.54) is 89.9 Å². The Labute approximate surface area is 165 Å². The predicted molar refractivity (Wildman–Crippen MR) is 117 cm³/mol. The quantitative estimate of drug-likeness (QED) is 0.239. The first-order chi connectivity index (χ1) is 12.6. The molecule has 0 aromatic heterocycles. The van der Waals surface area contributed by atoms with Gasteiger partial charge in [0.25, 0.3) is 0 Å². The predicted octanol–water partition coefficient (Wildman–Crippen LogP) is 7.09. The minimum absolute atomic E-state index is 0.374. The Kier molecular flexibility index (Phi) is 18.2. The van der Waals surface area contributed by atoms with Crippen LogP contribution in [0.25, 0.3) is 0 Å². The fourth-order valence-electron chi connectivity index (χ4n) is 4.43. The molecule has 2 heteroatoms. The molecule has 0 bridgehead atoms. The van der Waals surface area contributed by atoms with Gasteiger partial charge in [-0.1, -0.05) is 111 Å². The van der Waals surface area contributed by atoms with Crippen molar-refractivity contribution >= 4 is 0 Å². The van der Waals surface area contributed by atoms with Crippen molar-refractivity contribution < 1.29 is 5.11 Å². The van der Waals surface area contributed by atoms with Crippen molar-refractivity contribution in [1.82, 2.24) is 0 Å². The fourth-order valence-corrected chi connectivity index (χ4v) is 4.43. The van der Waals surface area contributed by atoms with Crippen LogP contribution in [-0.2, 0) is 0 Å². The van der Waals surface area contributed by atoms with Crippen LogP contribution in [0.4, 0.5) is 0 Å². The van der Waals surface area contributed by atoms with Gasteiger partial charge in [-0.2, -0.15) is 0 Å². The van der Waals surface area contributed by atoms with Crippen molar-refractivity contribution in [3.05, 3.63) is 0 Å². The Balaban J connectivity index is 3.86. The van der Waals surface area contributed by atoms with E-state index in [4.69, 9.17) is 5.73 Å². The van der Waals surface area contributed by atoms with Crippen LogP contribution in [0.2, 0.25) is 0 Å². The molecular formula is C24H51NO. The van der Waals surface area contributed by atoms with Crippen LogP contribution in [-0.4, -0.2) is 17.8 Å². The molecule has 0 amide bonds. The lowest BCUT2D eigenvalue weighted by Gasteiger charge is -2.24. The van der Waals surface area contributed by atoms with E-state index in [-0.39, 0.29) is 0 Å². The molecule has 0 saturated carbocycles.